The first-order valence-corrected chi connectivity index (χ1v) is 13.9. The Morgan fingerprint density at radius 2 is 1.75 bits per heavy atom. The molecule has 7 heteroatoms. The number of para-hydroxylation sites is 1. The van der Waals surface area contributed by atoms with Crippen molar-refractivity contribution in [2.24, 2.45) is 12.0 Å². The summed E-state index contributed by atoms with van der Waals surface area (Å²) in [7, 11) is 1.74. The summed E-state index contributed by atoms with van der Waals surface area (Å²) in [6.07, 6.45) is 2.53. The third kappa shape index (κ3) is 4.55. The van der Waals surface area contributed by atoms with Crippen LogP contribution in [0.3, 0.4) is 0 Å². The molecule has 0 aliphatic carbocycles. The molecule has 2 aromatic heterocycles. The molecule has 0 radical (unpaired) electrons. The van der Waals surface area contributed by atoms with E-state index in [1.54, 1.807) is 25.5 Å². The largest absolute Gasteiger partial charge is 0.456 e. The van der Waals surface area contributed by atoms with Gasteiger partial charge in [0, 0.05) is 36.2 Å². The number of fused-ring (bicyclic) bond motifs is 2. The standard InChI is InChI=1S/C33H29FN2O3S/c1-18-12-22(34)13-19(2)30(18)39-28-11-10-21(33(3,4)38)15-23(28)25-17-36(5)32(37)31-24(25)16-29(40-31)27-14-20-8-6-7-9-26(20)35-27/h6-13,15-17,38H,14H2,1-5H3. The van der Waals surface area contributed by atoms with Crippen molar-refractivity contribution in [3.05, 3.63) is 110 Å². The third-order valence-corrected chi connectivity index (χ3v) is 8.53. The normalized spacial score (nSPS) is 13.0. The molecule has 1 N–H and O–H groups in total. The number of halogens is 1. The van der Waals surface area contributed by atoms with E-state index in [4.69, 9.17) is 9.73 Å². The number of nitrogens with zero attached hydrogens (tertiary/aromatic N) is 2. The summed E-state index contributed by atoms with van der Waals surface area (Å²) in [6, 6.07) is 18.6. The molecule has 0 atom stereocenters. The smallest absolute Gasteiger partial charge is 0.268 e. The van der Waals surface area contributed by atoms with Gasteiger partial charge in [-0.15, -0.1) is 11.3 Å². The van der Waals surface area contributed by atoms with Gasteiger partial charge in [0.05, 0.1) is 21.9 Å². The van der Waals surface area contributed by atoms with Crippen LogP contribution in [0.15, 0.2) is 76.6 Å². The van der Waals surface area contributed by atoms with Crippen molar-refractivity contribution < 1.29 is 14.2 Å². The topological polar surface area (TPSA) is 63.8 Å². The Morgan fingerprint density at radius 1 is 1.02 bits per heavy atom. The van der Waals surface area contributed by atoms with Crippen LogP contribution < -0.4 is 10.3 Å². The lowest BCUT2D eigenvalue weighted by atomic mass is 9.93. The molecule has 0 amide bonds. The predicted molar refractivity (Wildman–Crippen MR) is 160 cm³/mol. The highest BCUT2D eigenvalue weighted by Crippen LogP contribution is 2.42. The lowest BCUT2D eigenvalue weighted by molar-refractivity contribution is 0.0786. The summed E-state index contributed by atoms with van der Waals surface area (Å²) < 4.78 is 22.7. The summed E-state index contributed by atoms with van der Waals surface area (Å²) in [5.74, 6) is 0.801. The highest BCUT2D eigenvalue weighted by Gasteiger charge is 2.24. The van der Waals surface area contributed by atoms with E-state index in [1.165, 1.54) is 29.0 Å². The Kier molecular flexibility index (Phi) is 6.24. The Bertz CT molecular complexity index is 1890. The highest BCUT2D eigenvalue weighted by molar-refractivity contribution is 7.21. The lowest BCUT2D eigenvalue weighted by Gasteiger charge is -2.22. The van der Waals surface area contributed by atoms with E-state index in [1.807, 2.05) is 62.5 Å². The molecule has 0 fully saturated rings. The van der Waals surface area contributed by atoms with Gasteiger partial charge in [-0.05, 0) is 86.3 Å². The molecule has 40 heavy (non-hydrogen) atoms. The molecule has 0 saturated heterocycles. The second kappa shape index (κ2) is 9.54. The number of aryl methyl sites for hydroxylation is 3. The van der Waals surface area contributed by atoms with Crippen LogP contribution in [-0.2, 0) is 19.1 Å². The summed E-state index contributed by atoms with van der Waals surface area (Å²) in [5, 5.41) is 11.7. The summed E-state index contributed by atoms with van der Waals surface area (Å²) in [5.41, 5.74) is 5.47. The predicted octanol–water partition coefficient (Wildman–Crippen LogP) is 7.72. The number of pyridine rings is 1. The Hall–Kier alpha value is -4.07. The van der Waals surface area contributed by atoms with Gasteiger partial charge in [0.25, 0.3) is 5.56 Å². The van der Waals surface area contributed by atoms with Gasteiger partial charge in [0.15, 0.2) is 0 Å². The SMILES string of the molecule is Cc1cc(F)cc(C)c1Oc1ccc(C(C)(C)O)cc1-c1cn(C)c(=O)c2sc(C3=Nc4ccccc4C3)cc12. The number of rotatable bonds is 5. The fourth-order valence-corrected chi connectivity index (χ4v) is 6.39. The molecular weight excluding hydrogens is 523 g/mol. The van der Waals surface area contributed by atoms with E-state index in [2.05, 4.69) is 6.07 Å². The molecule has 1 aliphatic rings. The van der Waals surface area contributed by atoms with Crippen LogP contribution in [0.25, 0.3) is 21.2 Å². The molecule has 202 valence electrons. The van der Waals surface area contributed by atoms with Crippen molar-refractivity contribution in [3.63, 3.8) is 0 Å². The summed E-state index contributed by atoms with van der Waals surface area (Å²) in [4.78, 5) is 19.1. The maximum atomic E-state index is 14.0. The number of ether oxygens (including phenoxy) is 1. The molecule has 1 aliphatic heterocycles. The first kappa shape index (κ1) is 26.2. The molecule has 5 aromatic rings. The minimum absolute atomic E-state index is 0.0857. The first-order valence-electron chi connectivity index (χ1n) is 13.1. The average molecular weight is 553 g/mol. The van der Waals surface area contributed by atoms with Gasteiger partial charge in [-0.25, -0.2) is 4.39 Å². The fraction of sp³-hybridized carbons (Fsp3) is 0.212. The van der Waals surface area contributed by atoms with Crippen LogP contribution in [0, 0.1) is 19.7 Å². The monoisotopic (exact) mass is 552 g/mol. The van der Waals surface area contributed by atoms with Crippen LogP contribution >= 0.6 is 11.3 Å². The number of hydrogen-bond donors (Lipinski definition) is 1. The van der Waals surface area contributed by atoms with E-state index in [9.17, 15) is 14.3 Å². The molecule has 3 aromatic carbocycles. The van der Waals surface area contributed by atoms with Gasteiger partial charge in [0.2, 0.25) is 0 Å². The summed E-state index contributed by atoms with van der Waals surface area (Å²) in [6.45, 7) is 7.09. The van der Waals surface area contributed by atoms with Crippen molar-refractivity contribution in [2.45, 2.75) is 39.7 Å². The Labute approximate surface area is 235 Å². The molecule has 0 spiro atoms. The lowest BCUT2D eigenvalue weighted by Crippen LogP contribution is -2.16. The van der Waals surface area contributed by atoms with Gasteiger partial charge in [-0.1, -0.05) is 24.3 Å². The van der Waals surface area contributed by atoms with Gasteiger partial charge < -0.3 is 14.4 Å². The zero-order valence-corrected chi connectivity index (χ0v) is 23.8. The Balaban J connectivity index is 1.56. The number of aliphatic hydroxyl groups is 1. The Morgan fingerprint density at radius 3 is 2.45 bits per heavy atom. The van der Waals surface area contributed by atoms with E-state index in [-0.39, 0.29) is 11.4 Å². The minimum Gasteiger partial charge on any atom is -0.456 e. The fourth-order valence-electron chi connectivity index (χ4n) is 5.24. The maximum absolute atomic E-state index is 14.0. The van der Waals surface area contributed by atoms with Crippen molar-refractivity contribution >= 4 is 32.8 Å². The van der Waals surface area contributed by atoms with Crippen LogP contribution in [0.4, 0.5) is 10.1 Å². The first-order chi connectivity index (χ1) is 19.0. The second-order valence-corrected chi connectivity index (χ2v) is 12.0. The number of hydrogen-bond acceptors (Lipinski definition) is 5. The molecule has 3 heterocycles. The van der Waals surface area contributed by atoms with Crippen molar-refractivity contribution in [2.75, 3.05) is 0 Å². The van der Waals surface area contributed by atoms with E-state index in [0.717, 1.165) is 32.8 Å². The second-order valence-electron chi connectivity index (χ2n) is 10.9. The van der Waals surface area contributed by atoms with Gasteiger partial charge in [-0.3, -0.25) is 9.79 Å². The van der Waals surface area contributed by atoms with Crippen LogP contribution in [0.1, 0.15) is 41.0 Å². The van der Waals surface area contributed by atoms with Gasteiger partial charge in [-0.2, -0.15) is 0 Å². The zero-order chi connectivity index (χ0) is 28.3. The number of benzene rings is 3. The van der Waals surface area contributed by atoms with Gasteiger partial charge in [0.1, 0.15) is 22.0 Å². The van der Waals surface area contributed by atoms with Crippen molar-refractivity contribution in [1.82, 2.24) is 4.57 Å². The highest BCUT2D eigenvalue weighted by atomic mass is 32.1. The van der Waals surface area contributed by atoms with Gasteiger partial charge >= 0.3 is 0 Å². The van der Waals surface area contributed by atoms with E-state index in [0.29, 0.717) is 39.3 Å². The number of aromatic nitrogens is 1. The molecule has 6 rings (SSSR count). The van der Waals surface area contributed by atoms with Crippen LogP contribution in [0.2, 0.25) is 0 Å². The van der Waals surface area contributed by atoms with Crippen molar-refractivity contribution in [3.8, 4) is 22.6 Å². The average Bonchev–Trinajstić information content (AvgIpc) is 3.53. The van der Waals surface area contributed by atoms with Crippen LogP contribution in [-0.4, -0.2) is 15.4 Å². The maximum Gasteiger partial charge on any atom is 0.268 e. The third-order valence-electron chi connectivity index (χ3n) is 7.36. The number of aliphatic imine (C=N–C) groups is 1. The molecule has 0 unspecified atom stereocenters. The zero-order valence-electron chi connectivity index (χ0n) is 23.0. The summed E-state index contributed by atoms with van der Waals surface area (Å²) >= 11 is 1.44. The quantitative estimate of drug-likeness (QED) is 0.243. The molecular formula is C33H29FN2O3S. The van der Waals surface area contributed by atoms with E-state index < -0.39 is 5.60 Å². The van der Waals surface area contributed by atoms with E-state index >= 15 is 0 Å². The molecule has 0 saturated carbocycles. The number of thiophene rings is 1. The molecule has 0 bridgehead atoms. The van der Waals surface area contributed by atoms with Crippen molar-refractivity contribution in [1.29, 1.82) is 0 Å². The minimum atomic E-state index is -1.10. The molecule has 5 nitrogen and oxygen atoms in total. The van der Waals surface area contributed by atoms with Crippen LogP contribution in [0.5, 0.6) is 11.5 Å².